The molecule has 3 aliphatic rings. The van der Waals surface area contributed by atoms with Crippen molar-refractivity contribution in [3.8, 4) is 0 Å². The lowest BCUT2D eigenvalue weighted by Gasteiger charge is -2.40. The van der Waals surface area contributed by atoms with Crippen molar-refractivity contribution in [2.45, 2.75) is 37.3 Å². The van der Waals surface area contributed by atoms with Crippen LogP contribution >= 0.6 is 24.0 Å². The van der Waals surface area contributed by atoms with Crippen molar-refractivity contribution in [1.29, 1.82) is 0 Å². The number of rotatable bonds is 4. The summed E-state index contributed by atoms with van der Waals surface area (Å²) in [6, 6.07) is 9.24. The number of guanidine groups is 1. The molecule has 0 aromatic heterocycles. The Morgan fingerprint density at radius 1 is 1.21 bits per heavy atom. The molecule has 6 nitrogen and oxygen atoms in total. The Kier molecular flexibility index (Phi) is 6.54. The van der Waals surface area contributed by atoms with Gasteiger partial charge in [-0.1, -0.05) is 24.3 Å². The van der Waals surface area contributed by atoms with E-state index in [1.165, 1.54) is 24.0 Å². The van der Waals surface area contributed by atoms with Gasteiger partial charge >= 0.3 is 0 Å². The zero-order valence-electron chi connectivity index (χ0n) is 17.1. The number of piperazine rings is 1. The fourth-order valence-electron chi connectivity index (χ4n) is 4.49. The summed E-state index contributed by atoms with van der Waals surface area (Å²) in [4.78, 5) is 23.4. The van der Waals surface area contributed by atoms with Crippen LogP contribution in [0.25, 0.3) is 0 Å². The molecule has 1 heterocycles. The van der Waals surface area contributed by atoms with Crippen molar-refractivity contribution in [3.63, 3.8) is 0 Å². The molecular formula is C21H32IN5O. The fourth-order valence-corrected chi connectivity index (χ4v) is 4.49. The summed E-state index contributed by atoms with van der Waals surface area (Å²) in [6.07, 6.45) is 4.42. The van der Waals surface area contributed by atoms with Crippen LogP contribution in [0.4, 0.5) is 0 Å². The van der Waals surface area contributed by atoms with Gasteiger partial charge in [0.15, 0.2) is 5.96 Å². The summed E-state index contributed by atoms with van der Waals surface area (Å²) in [7, 11) is 6.13. The summed E-state index contributed by atoms with van der Waals surface area (Å²) in [5.74, 6) is 1.08. The Labute approximate surface area is 185 Å². The number of hydrogen-bond donors (Lipinski definition) is 1. The number of likely N-dealkylation sites (N-methyl/N-ethyl adjacent to an activating group) is 1. The molecule has 1 aromatic carbocycles. The minimum absolute atomic E-state index is 0. The molecule has 1 saturated heterocycles. The number of carbonyl (C=O) groups excluding carboxylic acids is 1. The molecule has 0 radical (unpaired) electrons. The SMILES string of the molecule is CN=C(NCC1(N(C)C)Cc2ccccc2C1)N1CCN(C2CC2)C(=O)C1.I. The van der Waals surface area contributed by atoms with E-state index in [0.29, 0.717) is 12.6 Å². The molecule has 1 amide bonds. The van der Waals surface area contributed by atoms with Gasteiger partial charge in [-0.3, -0.25) is 9.79 Å². The second-order valence-electron chi connectivity index (χ2n) is 8.38. The first-order valence-electron chi connectivity index (χ1n) is 10.0. The number of amides is 1. The first kappa shape index (κ1) is 21.4. The largest absolute Gasteiger partial charge is 0.354 e. The molecule has 1 N–H and O–H groups in total. The summed E-state index contributed by atoms with van der Waals surface area (Å²) in [6.45, 7) is 2.93. The Bertz CT molecular complexity index is 721. The monoisotopic (exact) mass is 497 g/mol. The zero-order valence-corrected chi connectivity index (χ0v) is 19.5. The van der Waals surface area contributed by atoms with Gasteiger partial charge in [0.25, 0.3) is 0 Å². The average Bonchev–Trinajstić information content (AvgIpc) is 3.41. The molecule has 7 heteroatoms. The minimum Gasteiger partial charge on any atom is -0.354 e. The minimum atomic E-state index is 0. The number of halogens is 1. The highest BCUT2D eigenvalue weighted by Crippen LogP contribution is 2.33. The van der Waals surface area contributed by atoms with Crippen molar-refractivity contribution < 1.29 is 4.79 Å². The molecule has 0 atom stereocenters. The molecule has 154 valence electrons. The summed E-state index contributed by atoms with van der Waals surface area (Å²) >= 11 is 0. The van der Waals surface area contributed by atoms with Gasteiger partial charge in [0, 0.05) is 38.3 Å². The molecule has 0 unspecified atom stereocenters. The van der Waals surface area contributed by atoms with Crippen LogP contribution in [0.3, 0.4) is 0 Å². The Balaban J connectivity index is 0.00000225. The van der Waals surface area contributed by atoms with E-state index in [-0.39, 0.29) is 35.4 Å². The van der Waals surface area contributed by atoms with Crippen LogP contribution in [0.2, 0.25) is 0 Å². The third-order valence-corrected chi connectivity index (χ3v) is 6.44. The van der Waals surface area contributed by atoms with Gasteiger partial charge in [-0.2, -0.15) is 0 Å². The van der Waals surface area contributed by atoms with Crippen molar-refractivity contribution in [3.05, 3.63) is 35.4 Å². The van der Waals surface area contributed by atoms with Crippen LogP contribution in [-0.4, -0.2) is 85.5 Å². The number of nitrogens with one attached hydrogen (secondary N) is 1. The lowest BCUT2D eigenvalue weighted by molar-refractivity contribution is -0.135. The van der Waals surface area contributed by atoms with Crippen LogP contribution in [-0.2, 0) is 17.6 Å². The van der Waals surface area contributed by atoms with Crippen molar-refractivity contribution in [1.82, 2.24) is 20.0 Å². The van der Waals surface area contributed by atoms with E-state index < -0.39 is 0 Å². The standard InChI is InChI=1S/C21H31N5O.HI/c1-22-20(25-10-11-26(18-8-9-18)19(27)14-25)23-15-21(24(2)3)12-16-6-4-5-7-17(16)13-21;/h4-7,18H,8-15H2,1-3H3,(H,22,23);1H. The van der Waals surface area contributed by atoms with Gasteiger partial charge < -0.3 is 20.0 Å². The molecule has 1 saturated carbocycles. The maximum atomic E-state index is 12.5. The summed E-state index contributed by atoms with van der Waals surface area (Å²) < 4.78 is 0. The van der Waals surface area contributed by atoms with Gasteiger partial charge in [0.1, 0.15) is 0 Å². The first-order valence-corrected chi connectivity index (χ1v) is 10.0. The van der Waals surface area contributed by atoms with Crippen molar-refractivity contribution in [2.24, 2.45) is 4.99 Å². The van der Waals surface area contributed by atoms with E-state index in [9.17, 15) is 4.79 Å². The number of carbonyl (C=O) groups is 1. The lowest BCUT2D eigenvalue weighted by atomic mass is 9.94. The third kappa shape index (κ3) is 4.15. The van der Waals surface area contributed by atoms with E-state index in [1.54, 1.807) is 0 Å². The molecule has 4 rings (SSSR count). The first-order chi connectivity index (χ1) is 13.0. The maximum absolute atomic E-state index is 12.5. The number of fused-ring (bicyclic) bond motifs is 1. The predicted molar refractivity (Wildman–Crippen MR) is 123 cm³/mol. The fraction of sp³-hybridized carbons (Fsp3) is 0.619. The van der Waals surface area contributed by atoms with Crippen molar-refractivity contribution >= 4 is 35.8 Å². The Morgan fingerprint density at radius 2 is 1.86 bits per heavy atom. The van der Waals surface area contributed by atoms with Crippen LogP contribution in [0.5, 0.6) is 0 Å². The van der Waals surface area contributed by atoms with Crippen molar-refractivity contribution in [2.75, 3.05) is 47.3 Å². The number of benzene rings is 1. The molecule has 1 aromatic rings. The molecule has 1 aliphatic heterocycles. The number of aliphatic imine (C=N–C) groups is 1. The zero-order chi connectivity index (χ0) is 19.0. The van der Waals surface area contributed by atoms with Gasteiger partial charge in [-0.15, -0.1) is 24.0 Å². The maximum Gasteiger partial charge on any atom is 0.242 e. The van der Waals surface area contributed by atoms with E-state index in [0.717, 1.165) is 38.4 Å². The predicted octanol–water partition coefficient (Wildman–Crippen LogP) is 1.59. The number of nitrogens with zero attached hydrogens (tertiary/aromatic N) is 4. The van der Waals surface area contributed by atoms with E-state index in [2.05, 4.69) is 63.4 Å². The van der Waals surface area contributed by atoms with Crippen LogP contribution in [0.1, 0.15) is 24.0 Å². The molecule has 0 bridgehead atoms. The molecule has 0 spiro atoms. The molecular weight excluding hydrogens is 465 g/mol. The second kappa shape index (κ2) is 8.57. The highest BCUT2D eigenvalue weighted by molar-refractivity contribution is 14.0. The van der Waals surface area contributed by atoms with Gasteiger partial charge in [0.2, 0.25) is 5.91 Å². The van der Waals surface area contributed by atoms with E-state index in [1.807, 2.05) is 7.05 Å². The average molecular weight is 497 g/mol. The summed E-state index contributed by atoms with van der Waals surface area (Å²) in [5.41, 5.74) is 2.92. The van der Waals surface area contributed by atoms with E-state index in [4.69, 9.17) is 0 Å². The van der Waals surface area contributed by atoms with Gasteiger partial charge in [-0.05, 0) is 50.9 Å². The third-order valence-electron chi connectivity index (χ3n) is 6.44. The smallest absolute Gasteiger partial charge is 0.242 e. The summed E-state index contributed by atoms with van der Waals surface area (Å²) in [5, 5.41) is 3.58. The highest BCUT2D eigenvalue weighted by atomic mass is 127. The second-order valence-corrected chi connectivity index (χ2v) is 8.38. The molecule has 2 aliphatic carbocycles. The number of hydrogen-bond acceptors (Lipinski definition) is 3. The van der Waals surface area contributed by atoms with Gasteiger partial charge in [0.05, 0.1) is 6.54 Å². The van der Waals surface area contributed by atoms with Crippen LogP contribution < -0.4 is 5.32 Å². The lowest BCUT2D eigenvalue weighted by Crippen LogP contribution is -2.59. The normalized spacial score (nSPS) is 21.6. The molecule has 2 fully saturated rings. The topological polar surface area (TPSA) is 51.2 Å². The Hall–Kier alpha value is -1.35. The van der Waals surface area contributed by atoms with E-state index >= 15 is 0 Å². The van der Waals surface area contributed by atoms with Gasteiger partial charge in [-0.25, -0.2) is 0 Å². The Morgan fingerprint density at radius 3 is 2.36 bits per heavy atom. The van der Waals surface area contributed by atoms with Crippen LogP contribution in [0, 0.1) is 0 Å². The molecule has 28 heavy (non-hydrogen) atoms. The van der Waals surface area contributed by atoms with Crippen LogP contribution in [0.15, 0.2) is 29.3 Å². The quantitative estimate of drug-likeness (QED) is 0.390. The highest BCUT2D eigenvalue weighted by Gasteiger charge is 2.40.